The Labute approximate surface area is 88.1 Å². The van der Waals surface area contributed by atoms with Crippen LogP contribution in [0.1, 0.15) is 46.0 Å². The second kappa shape index (κ2) is 6.41. The molecule has 0 aliphatic heterocycles. The Bertz CT molecular complexity index is 149. The van der Waals surface area contributed by atoms with Gasteiger partial charge in [0.1, 0.15) is 0 Å². The van der Waals surface area contributed by atoms with Crippen LogP contribution in [0, 0.1) is 11.8 Å². The van der Waals surface area contributed by atoms with Crippen LogP contribution < -0.4 is 5.32 Å². The molecule has 0 saturated heterocycles. The lowest BCUT2D eigenvalue weighted by Crippen LogP contribution is -2.35. The van der Waals surface area contributed by atoms with Gasteiger partial charge in [-0.05, 0) is 38.1 Å². The lowest BCUT2D eigenvalue weighted by atomic mass is 9.80. The molecule has 14 heavy (non-hydrogen) atoms. The van der Waals surface area contributed by atoms with Gasteiger partial charge < -0.3 is 10.4 Å². The van der Waals surface area contributed by atoms with E-state index in [1.807, 2.05) is 6.92 Å². The van der Waals surface area contributed by atoms with Gasteiger partial charge in [0.15, 0.2) is 0 Å². The number of aliphatic hydroxyl groups excluding tert-OH is 1. The molecule has 0 aromatic rings. The van der Waals surface area contributed by atoms with Gasteiger partial charge in [-0.15, -0.1) is 0 Å². The fourth-order valence-electron chi connectivity index (χ4n) is 2.39. The molecule has 2 N–H and O–H groups in total. The summed E-state index contributed by atoms with van der Waals surface area (Å²) in [5.74, 6) is 1.81. The van der Waals surface area contributed by atoms with Gasteiger partial charge >= 0.3 is 0 Å². The van der Waals surface area contributed by atoms with E-state index in [1.165, 1.54) is 32.1 Å². The third-order valence-corrected chi connectivity index (χ3v) is 3.50. The van der Waals surface area contributed by atoms with E-state index in [-0.39, 0.29) is 12.6 Å². The SMILES string of the molecule is CCC1CCCC(CNC(C)CO)C1. The van der Waals surface area contributed by atoms with Crippen molar-refractivity contribution >= 4 is 0 Å². The van der Waals surface area contributed by atoms with Crippen molar-refractivity contribution in [3.05, 3.63) is 0 Å². The summed E-state index contributed by atoms with van der Waals surface area (Å²) in [6.45, 7) is 5.69. The zero-order chi connectivity index (χ0) is 10.4. The summed E-state index contributed by atoms with van der Waals surface area (Å²) in [6.07, 6.45) is 6.94. The molecule has 3 atom stereocenters. The Hall–Kier alpha value is -0.0800. The van der Waals surface area contributed by atoms with Gasteiger partial charge in [-0.2, -0.15) is 0 Å². The standard InChI is InChI=1S/C12H25NO/c1-3-11-5-4-6-12(7-11)8-13-10(2)9-14/h10-14H,3-9H2,1-2H3. The highest BCUT2D eigenvalue weighted by Crippen LogP contribution is 2.30. The summed E-state index contributed by atoms with van der Waals surface area (Å²) in [4.78, 5) is 0. The van der Waals surface area contributed by atoms with Gasteiger partial charge in [0.2, 0.25) is 0 Å². The van der Waals surface area contributed by atoms with Crippen molar-refractivity contribution in [1.82, 2.24) is 5.32 Å². The Morgan fingerprint density at radius 3 is 2.71 bits per heavy atom. The van der Waals surface area contributed by atoms with E-state index in [1.54, 1.807) is 0 Å². The van der Waals surface area contributed by atoms with E-state index in [9.17, 15) is 0 Å². The van der Waals surface area contributed by atoms with Crippen LogP contribution in [0.2, 0.25) is 0 Å². The van der Waals surface area contributed by atoms with Crippen LogP contribution in [0.3, 0.4) is 0 Å². The van der Waals surface area contributed by atoms with Crippen molar-refractivity contribution in [2.75, 3.05) is 13.2 Å². The average Bonchev–Trinajstić information content (AvgIpc) is 2.26. The summed E-state index contributed by atoms with van der Waals surface area (Å²) in [5, 5.41) is 12.3. The minimum Gasteiger partial charge on any atom is -0.395 e. The molecular formula is C12H25NO. The van der Waals surface area contributed by atoms with E-state index < -0.39 is 0 Å². The third-order valence-electron chi connectivity index (χ3n) is 3.50. The predicted molar refractivity (Wildman–Crippen MR) is 60.3 cm³/mol. The van der Waals surface area contributed by atoms with E-state index in [0.717, 1.165) is 18.4 Å². The maximum Gasteiger partial charge on any atom is 0.0581 e. The zero-order valence-corrected chi connectivity index (χ0v) is 9.63. The minimum atomic E-state index is 0.254. The van der Waals surface area contributed by atoms with Gasteiger partial charge in [0.25, 0.3) is 0 Å². The monoisotopic (exact) mass is 199 g/mol. The summed E-state index contributed by atoms with van der Waals surface area (Å²) in [7, 11) is 0. The largest absolute Gasteiger partial charge is 0.395 e. The van der Waals surface area contributed by atoms with Crippen LogP contribution in [0.25, 0.3) is 0 Å². The maximum absolute atomic E-state index is 8.90. The Kier molecular flexibility index (Phi) is 5.49. The van der Waals surface area contributed by atoms with Crippen molar-refractivity contribution in [3.63, 3.8) is 0 Å². The van der Waals surface area contributed by atoms with Crippen molar-refractivity contribution in [2.24, 2.45) is 11.8 Å². The van der Waals surface area contributed by atoms with E-state index in [4.69, 9.17) is 5.11 Å². The molecule has 1 rings (SSSR count). The summed E-state index contributed by atoms with van der Waals surface area (Å²) >= 11 is 0. The fraction of sp³-hybridized carbons (Fsp3) is 1.00. The molecule has 2 heteroatoms. The van der Waals surface area contributed by atoms with Gasteiger partial charge in [-0.1, -0.05) is 26.2 Å². The molecule has 0 heterocycles. The molecule has 0 aromatic carbocycles. The van der Waals surface area contributed by atoms with Crippen LogP contribution in [0.5, 0.6) is 0 Å². The highest BCUT2D eigenvalue weighted by atomic mass is 16.3. The number of rotatable bonds is 5. The van der Waals surface area contributed by atoms with Gasteiger partial charge in [-0.3, -0.25) is 0 Å². The number of hydrogen-bond acceptors (Lipinski definition) is 2. The lowest BCUT2D eigenvalue weighted by Gasteiger charge is -2.29. The second-order valence-corrected chi connectivity index (χ2v) is 4.80. The van der Waals surface area contributed by atoms with Crippen LogP contribution >= 0.6 is 0 Å². The summed E-state index contributed by atoms with van der Waals surface area (Å²) in [6, 6.07) is 0.261. The smallest absolute Gasteiger partial charge is 0.0581 e. The zero-order valence-electron chi connectivity index (χ0n) is 9.63. The number of hydrogen-bond donors (Lipinski definition) is 2. The molecule has 1 aliphatic carbocycles. The van der Waals surface area contributed by atoms with E-state index in [0.29, 0.717) is 0 Å². The molecular weight excluding hydrogens is 174 g/mol. The van der Waals surface area contributed by atoms with E-state index >= 15 is 0 Å². The molecule has 84 valence electrons. The van der Waals surface area contributed by atoms with Gasteiger partial charge in [0.05, 0.1) is 6.61 Å². The molecule has 0 spiro atoms. The van der Waals surface area contributed by atoms with Gasteiger partial charge in [0, 0.05) is 6.04 Å². The lowest BCUT2D eigenvalue weighted by molar-refractivity contribution is 0.219. The van der Waals surface area contributed by atoms with Crippen molar-refractivity contribution in [2.45, 2.75) is 52.0 Å². The van der Waals surface area contributed by atoms with Crippen LogP contribution in [0.4, 0.5) is 0 Å². The molecule has 0 radical (unpaired) electrons. The van der Waals surface area contributed by atoms with Gasteiger partial charge in [-0.25, -0.2) is 0 Å². The first kappa shape index (κ1) is 12.0. The normalized spacial score (nSPS) is 30.2. The molecule has 0 bridgehead atoms. The fourth-order valence-corrected chi connectivity index (χ4v) is 2.39. The molecule has 0 amide bonds. The Morgan fingerprint density at radius 1 is 1.36 bits per heavy atom. The first-order valence-corrected chi connectivity index (χ1v) is 6.10. The van der Waals surface area contributed by atoms with Crippen LogP contribution in [-0.4, -0.2) is 24.3 Å². The quantitative estimate of drug-likeness (QED) is 0.711. The second-order valence-electron chi connectivity index (χ2n) is 4.80. The van der Waals surface area contributed by atoms with Crippen LogP contribution in [0.15, 0.2) is 0 Å². The van der Waals surface area contributed by atoms with Crippen LogP contribution in [-0.2, 0) is 0 Å². The minimum absolute atomic E-state index is 0.254. The number of nitrogens with one attached hydrogen (secondary N) is 1. The summed E-state index contributed by atoms with van der Waals surface area (Å²) < 4.78 is 0. The van der Waals surface area contributed by atoms with Crippen molar-refractivity contribution in [3.8, 4) is 0 Å². The van der Waals surface area contributed by atoms with E-state index in [2.05, 4.69) is 12.2 Å². The highest BCUT2D eigenvalue weighted by molar-refractivity contribution is 4.75. The predicted octanol–water partition coefficient (Wildman–Crippen LogP) is 2.17. The average molecular weight is 199 g/mol. The molecule has 1 aliphatic rings. The summed E-state index contributed by atoms with van der Waals surface area (Å²) in [5.41, 5.74) is 0. The topological polar surface area (TPSA) is 32.3 Å². The van der Waals surface area contributed by atoms with Crippen molar-refractivity contribution < 1.29 is 5.11 Å². The Morgan fingerprint density at radius 2 is 2.07 bits per heavy atom. The van der Waals surface area contributed by atoms with Crippen molar-refractivity contribution in [1.29, 1.82) is 0 Å². The first-order chi connectivity index (χ1) is 6.76. The first-order valence-electron chi connectivity index (χ1n) is 6.10. The molecule has 0 aromatic heterocycles. The Balaban J connectivity index is 2.17. The number of aliphatic hydroxyl groups is 1. The maximum atomic E-state index is 8.90. The molecule has 3 unspecified atom stereocenters. The molecule has 1 saturated carbocycles. The highest BCUT2D eigenvalue weighted by Gasteiger charge is 2.20. The third kappa shape index (κ3) is 3.97. The molecule has 2 nitrogen and oxygen atoms in total. The molecule has 1 fully saturated rings.